The molecule has 1 aliphatic rings. The van der Waals surface area contributed by atoms with Crippen molar-refractivity contribution < 1.29 is 19.2 Å². The van der Waals surface area contributed by atoms with Gasteiger partial charge in [0.1, 0.15) is 12.1 Å². The predicted octanol–water partition coefficient (Wildman–Crippen LogP) is 0.633. The van der Waals surface area contributed by atoms with Crippen molar-refractivity contribution >= 4 is 23.6 Å². The lowest BCUT2D eigenvalue weighted by molar-refractivity contribution is -0.134. The van der Waals surface area contributed by atoms with Crippen LogP contribution in [0.3, 0.4) is 0 Å². The molecule has 1 saturated heterocycles. The minimum atomic E-state index is -1.03. The van der Waals surface area contributed by atoms with E-state index in [4.69, 9.17) is 0 Å². The Bertz CT molecular complexity index is 670. The van der Waals surface area contributed by atoms with E-state index in [1.807, 2.05) is 30.3 Å². The molecule has 2 N–H and O–H groups in total. The zero-order chi connectivity index (χ0) is 17.9. The summed E-state index contributed by atoms with van der Waals surface area (Å²) in [6, 6.07) is 7.98. The number of hydrogen-bond acceptors (Lipinski definition) is 4. The van der Waals surface area contributed by atoms with Crippen LogP contribution in [-0.2, 0) is 20.8 Å². The minimum absolute atomic E-state index is 0.190. The second kappa shape index (κ2) is 6.82. The highest BCUT2D eigenvalue weighted by molar-refractivity contribution is 6.08. The van der Waals surface area contributed by atoms with Gasteiger partial charge in [-0.15, -0.1) is 0 Å². The fourth-order valence-corrected chi connectivity index (χ4v) is 2.49. The number of ketones is 1. The summed E-state index contributed by atoms with van der Waals surface area (Å²) in [6.07, 6.45) is 0.355. The molecular formula is C17H21N3O4. The van der Waals surface area contributed by atoms with Crippen molar-refractivity contribution in [3.8, 4) is 0 Å². The average molecular weight is 331 g/mol. The van der Waals surface area contributed by atoms with Crippen LogP contribution in [0.1, 0.15) is 26.3 Å². The van der Waals surface area contributed by atoms with E-state index >= 15 is 0 Å². The molecule has 1 fully saturated rings. The lowest BCUT2D eigenvalue weighted by Crippen LogP contribution is -2.48. The fraction of sp³-hybridized carbons (Fsp3) is 0.412. The van der Waals surface area contributed by atoms with Gasteiger partial charge in [0, 0.05) is 0 Å². The molecule has 24 heavy (non-hydrogen) atoms. The number of urea groups is 1. The number of hydrogen-bond donors (Lipinski definition) is 2. The molecule has 1 atom stereocenters. The highest BCUT2D eigenvalue weighted by Gasteiger charge is 2.44. The summed E-state index contributed by atoms with van der Waals surface area (Å²) in [5.74, 6) is -1.21. The molecular weight excluding hydrogens is 310 g/mol. The molecule has 4 amide bonds. The first-order valence-electron chi connectivity index (χ1n) is 7.68. The van der Waals surface area contributed by atoms with E-state index < -0.39 is 36.0 Å². The maximum absolute atomic E-state index is 12.2. The number of nitrogens with zero attached hydrogens (tertiary/aromatic N) is 1. The van der Waals surface area contributed by atoms with E-state index in [1.54, 1.807) is 13.8 Å². The van der Waals surface area contributed by atoms with Crippen molar-refractivity contribution in [2.24, 2.45) is 0 Å². The van der Waals surface area contributed by atoms with Crippen LogP contribution in [0.25, 0.3) is 0 Å². The van der Waals surface area contributed by atoms with E-state index in [9.17, 15) is 19.2 Å². The number of amides is 4. The molecule has 1 heterocycles. The van der Waals surface area contributed by atoms with Crippen molar-refractivity contribution in [2.45, 2.75) is 38.8 Å². The summed E-state index contributed by atoms with van der Waals surface area (Å²) in [5, 5.41) is 5.10. The van der Waals surface area contributed by atoms with E-state index in [0.717, 1.165) is 10.5 Å². The molecule has 7 nitrogen and oxygen atoms in total. The van der Waals surface area contributed by atoms with Gasteiger partial charge in [0.15, 0.2) is 5.78 Å². The van der Waals surface area contributed by atoms with Crippen LogP contribution >= 0.6 is 0 Å². The largest absolute Gasteiger partial charge is 0.344 e. The molecule has 0 bridgehead atoms. The summed E-state index contributed by atoms with van der Waals surface area (Å²) in [5.41, 5.74) is -0.115. The van der Waals surface area contributed by atoms with Crippen molar-refractivity contribution in [1.29, 1.82) is 0 Å². The van der Waals surface area contributed by atoms with Crippen LogP contribution in [0.4, 0.5) is 4.79 Å². The third-order valence-electron chi connectivity index (χ3n) is 3.85. The Hall–Kier alpha value is -2.70. The van der Waals surface area contributed by atoms with E-state index in [-0.39, 0.29) is 5.78 Å². The van der Waals surface area contributed by atoms with Gasteiger partial charge in [-0.3, -0.25) is 19.3 Å². The van der Waals surface area contributed by atoms with Crippen LogP contribution in [0, 0.1) is 0 Å². The first-order valence-corrected chi connectivity index (χ1v) is 7.68. The SMILES string of the molecule is CC(=O)[C@@H](Cc1ccccc1)NC(=O)CN1C(=O)NC(C)(C)C1=O. The molecule has 1 aromatic rings. The molecule has 0 aliphatic carbocycles. The van der Waals surface area contributed by atoms with Crippen molar-refractivity contribution in [1.82, 2.24) is 15.5 Å². The van der Waals surface area contributed by atoms with Gasteiger partial charge >= 0.3 is 6.03 Å². The molecule has 1 aliphatic heterocycles. The number of carbonyl (C=O) groups is 4. The van der Waals surface area contributed by atoms with Crippen molar-refractivity contribution in [3.63, 3.8) is 0 Å². The number of rotatable bonds is 6. The number of carbonyl (C=O) groups excluding carboxylic acids is 4. The van der Waals surface area contributed by atoms with Crippen molar-refractivity contribution in [2.75, 3.05) is 6.54 Å². The first kappa shape index (κ1) is 17.7. The summed E-state index contributed by atoms with van der Waals surface area (Å²) < 4.78 is 0. The second-order valence-corrected chi connectivity index (χ2v) is 6.37. The van der Waals surface area contributed by atoms with Gasteiger partial charge in [-0.1, -0.05) is 30.3 Å². The van der Waals surface area contributed by atoms with Crippen LogP contribution in [0.2, 0.25) is 0 Å². The van der Waals surface area contributed by atoms with E-state index in [2.05, 4.69) is 10.6 Å². The van der Waals surface area contributed by atoms with Crippen LogP contribution in [0.15, 0.2) is 30.3 Å². The summed E-state index contributed by atoms with van der Waals surface area (Å²) in [6.45, 7) is 4.12. The number of nitrogens with one attached hydrogen (secondary N) is 2. The quantitative estimate of drug-likeness (QED) is 0.748. The Morgan fingerprint density at radius 1 is 1.21 bits per heavy atom. The Kier molecular flexibility index (Phi) is 5.02. The minimum Gasteiger partial charge on any atom is -0.344 e. The third-order valence-corrected chi connectivity index (χ3v) is 3.85. The topological polar surface area (TPSA) is 95.6 Å². The zero-order valence-electron chi connectivity index (χ0n) is 14.0. The van der Waals surface area contributed by atoms with Crippen molar-refractivity contribution in [3.05, 3.63) is 35.9 Å². The summed E-state index contributed by atoms with van der Waals surface area (Å²) >= 11 is 0. The normalized spacial score (nSPS) is 17.4. The molecule has 128 valence electrons. The molecule has 0 radical (unpaired) electrons. The van der Waals surface area contributed by atoms with Gasteiger partial charge in [0.2, 0.25) is 5.91 Å². The fourth-order valence-electron chi connectivity index (χ4n) is 2.49. The number of benzene rings is 1. The van der Waals surface area contributed by atoms with Crippen LogP contribution in [-0.4, -0.2) is 46.7 Å². The molecule has 2 rings (SSSR count). The van der Waals surface area contributed by atoms with E-state index in [0.29, 0.717) is 6.42 Å². The van der Waals surface area contributed by atoms with Gasteiger partial charge in [-0.2, -0.15) is 0 Å². The zero-order valence-corrected chi connectivity index (χ0v) is 14.0. The number of Topliss-reactive ketones (excluding diaryl/α,β-unsaturated/α-hetero) is 1. The maximum atomic E-state index is 12.2. The Morgan fingerprint density at radius 2 is 1.83 bits per heavy atom. The maximum Gasteiger partial charge on any atom is 0.325 e. The van der Waals surface area contributed by atoms with Gasteiger partial charge in [-0.25, -0.2) is 4.79 Å². The van der Waals surface area contributed by atoms with Crippen LogP contribution < -0.4 is 10.6 Å². The molecule has 0 spiro atoms. The lowest BCUT2D eigenvalue weighted by Gasteiger charge is -2.19. The molecule has 1 aromatic carbocycles. The molecule has 0 aromatic heterocycles. The second-order valence-electron chi connectivity index (χ2n) is 6.37. The van der Waals surface area contributed by atoms with Gasteiger partial charge in [0.05, 0.1) is 6.04 Å². The predicted molar refractivity (Wildman–Crippen MR) is 87.1 cm³/mol. The molecule has 0 saturated carbocycles. The summed E-state index contributed by atoms with van der Waals surface area (Å²) in [4.78, 5) is 48.7. The number of imide groups is 1. The Balaban J connectivity index is 2.00. The third kappa shape index (κ3) is 3.98. The monoisotopic (exact) mass is 331 g/mol. The average Bonchev–Trinajstić information content (AvgIpc) is 2.69. The summed E-state index contributed by atoms with van der Waals surface area (Å²) in [7, 11) is 0. The highest BCUT2D eigenvalue weighted by atomic mass is 16.2. The first-order chi connectivity index (χ1) is 11.2. The van der Waals surface area contributed by atoms with Gasteiger partial charge in [0.25, 0.3) is 5.91 Å². The Labute approximate surface area is 140 Å². The molecule has 0 unspecified atom stereocenters. The Morgan fingerprint density at radius 3 is 2.33 bits per heavy atom. The lowest BCUT2D eigenvalue weighted by atomic mass is 10.0. The van der Waals surface area contributed by atoms with Gasteiger partial charge < -0.3 is 10.6 Å². The highest BCUT2D eigenvalue weighted by Crippen LogP contribution is 2.16. The van der Waals surface area contributed by atoms with Crippen LogP contribution in [0.5, 0.6) is 0 Å². The molecule has 7 heteroatoms. The smallest absolute Gasteiger partial charge is 0.325 e. The van der Waals surface area contributed by atoms with E-state index in [1.165, 1.54) is 6.92 Å². The standard InChI is InChI=1S/C17H21N3O4/c1-11(21)13(9-12-7-5-4-6-8-12)18-14(22)10-20-15(23)17(2,3)19-16(20)24/h4-8,13H,9-10H2,1-3H3,(H,18,22)(H,19,24)/t13-/m1/s1. The van der Waals surface area contributed by atoms with Gasteiger partial charge in [-0.05, 0) is 32.8 Å².